The van der Waals surface area contributed by atoms with Crippen molar-refractivity contribution in [3.8, 4) is 0 Å². The van der Waals surface area contributed by atoms with E-state index in [9.17, 15) is 0 Å². The number of nitrogens with zero attached hydrogens (tertiary/aromatic N) is 1. The number of hydrogen-bond donors (Lipinski definition) is 1. The van der Waals surface area contributed by atoms with Crippen LogP contribution in [0.3, 0.4) is 0 Å². The smallest absolute Gasteiger partial charge is 0.0931 e. The fourth-order valence-corrected chi connectivity index (χ4v) is 3.42. The first-order valence-corrected chi connectivity index (χ1v) is 8.05. The average molecular weight is 309 g/mol. The van der Waals surface area contributed by atoms with Crippen molar-refractivity contribution in [2.45, 2.75) is 25.4 Å². The first-order valence-electron chi connectivity index (χ1n) is 6.86. The number of rotatable bonds is 7. The lowest BCUT2D eigenvalue weighted by molar-refractivity contribution is 0.300. The van der Waals surface area contributed by atoms with Gasteiger partial charge in [-0.3, -0.25) is 4.90 Å². The van der Waals surface area contributed by atoms with E-state index in [1.807, 2.05) is 12.1 Å². The van der Waals surface area contributed by atoms with Crippen molar-refractivity contribution in [1.29, 1.82) is 0 Å². The number of likely N-dealkylation sites (N-methyl/N-ethyl adjacent to an activating group) is 1. The normalized spacial score (nSPS) is 12.8. The van der Waals surface area contributed by atoms with Gasteiger partial charge in [-0.15, -0.1) is 11.3 Å². The Balaban J connectivity index is 1.72. The van der Waals surface area contributed by atoms with Gasteiger partial charge in [0.2, 0.25) is 0 Å². The Morgan fingerprint density at radius 3 is 2.60 bits per heavy atom. The maximum absolute atomic E-state index is 6.22. The number of aryl methyl sites for hydroxylation is 1. The molecule has 0 fully saturated rings. The molecule has 108 valence electrons. The number of benzene rings is 1. The fraction of sp³-hybridized carbons (Fsp3) is 0.375. The molecule has 0 radical (unpaired) electrons. The molecule has 1 heterocycles. The maximum Gasteiger partial charge on any atom is 0.0931 e. The molecular weight excluding hydrogens is 288 g/mol. The third-order valence-corrected chi connectivity index (χ3v) is 4.46. The summed E-state index contributed by atoms with van der Waals surface area (Å²) in [6, 6.07) is 14.7. The molecule has 0 saturated carbocycles. The standard InChI is InChI=1S/C16H21ClN2S/c1-19(12-15-9-10-16(17)20-15)11-14(18)8-7-13-5-3-2-4-6-13/h2-6,9-10,14H,7-8,11-12,18H2,1H3. The monoisotopic (exact) mass is 308 g/mol. The van der Waals surface area contributed by atoms with Crippen LogP contribution in [-0.4, -0.2) is 24.5 Å². The first-order chi connectivity index (χ1) is 9.63. The van der Waals surface area contributed by atoms with Gasteiger partial charge in [-0.1, -0.05) is 41.9 Å². The summed E-state index contributed by atoms with van der Waals surface area (Å²) in [7, 11) is 2.11. The minimum atomic E-state index is 0.204. The molecule has 0 aliphatic carbocycles. The van der Waals surface area contributed by atoms with Crippen LogP contribution in [0.5, 0.6) is 0 Å². The third-order valence-electron chi connectivity index (χ3n) is 3.25. The summed E-state index contributed by atoms with van der Waals surface area (Å²) < 4.78 is 0.849. The van der Waals surface area contributed by atoms with Crippen LogP contribution in [0.25, 0.3) is 0 Å². The second kappa shape index (κ2) is 7.79. The van der Waals surface area contributed by atoms with Gasteiger partial charge in [0.05, 0.1) is 4.34 Å². The third kappa shape index (κ3) is 5.25. The molecule has 2 N–H and O–H groups in total. The summed E-state index contributed by atoms with van der Waals surface area (Å²) in [6.45, 7) is 1.82. The number of nitrogens with two attached hydrogens (primary N) is 1. The summed E-state index contributed by atoms with van der Waals surface area (Å²) in [5.74, 6) is 0. The molecule has 0 aliphatic heterocycles. The molecule has 2 aromatic rings. The second-order valence-corrected chi connectivity index (χ2v) is 6.99. The summed E-state index contributed by atoms with van der Waals surface area (Å²) in [5, 5.41) is 0. The van der Waals surface area contributed by atoms with Crippen LogP contribution in [0, 0.1) is 0 Å². The second-order valence-electron chi connectivity index (χ2n) is 5.19. The maximum atomic E-state index is 6.22. The Bertz CT molecular complexity index is 512. The van der Waals surface area contributed by atoms with E-state index in [1.165, 1.54) is 10.4 Å². The number of hydrogen-bond acceptors (Lipinski definition) is 3. The van der Waals surface area contributed by atoms with E-state index in [1.54, 1.807) is 11.3 Å². The van der Waals surface area contributed by atoms with Crippen LogP contribution in [0.4, 0.5) is 0 Å². The van der Waals surface area contributed by atoms with E-state index in [2.05, 4.69) is 42.3 Å². The quantitative estimate of drug-likeness (QED) is 0.843. The zero-order valence-electron chi connectivity index (χ0n) is 11.8. The van der Waals surface area contributed by atoms with E-state index >= 15 is 0 Å². The molecule has 1 aromatic heterocycles. The zero-order valence-corrected chi connectivity index (χ0v) is 13.3. The molecule has 20 heavy (non-hydrogen) atoms. The molecule has 1 atom stereocenters. The Labute approximate surface area is 130 Å². The lowest BCUT2D eigenvalue weighted by Crippen LogP contribution is -2.35. The van der Waals surface area contributed by atoms with Crippen LogP contribution in [0.15, 0.2) is 42.5 Å². The molecule has 0 amide bonds. The molecule has 0 spiro atoms. The van der Waals surface area contributed by atoms with E-state index in [-0.39, 0.29) is 6.04 Å². The van der Waals surface area contributed by atoms with Gasteiger partial charge in [-0.2, -0.15) is 0 Å². The molecule has 2 nitrogen and oxygen atoms in total. The number of thiophene rings is 1. The van der Waals surface area contributed by atoms with Crippen molar-refractivity contribution in [2.75, 3.05) is 13.6 Å². The SMILES string of the molecule is CN(Cc1ccc(Cl)s1)CC(N)CCc1ccccc1. The highest BCUT2D eigenvalue weighted by Crippen LogP contribution is 2.22. The molecule has 1 aromatic carbocycles. The molecule has 0 aliphatic rings. The topological polar surface area (TPSA) is 29.3 Å². The summed E-state index contributed by atoms with van der Waals surface area (Å²) in [6.07, 6.45) is 2.06. The highest BCUT2D eigenvalue weighted by Gasteiger charge is 2.09. The van der Waals surface area contributed by atoms with Gasteiger partial charge in [0.1, 0.15) is 0 Å². The van der Waals surface area contributed by atoms with Crippen LogP contribution < -0.4 is 5.73 Å². The fourth-order valence-electron chi connectivity index (χ4n) is 2.26. The van der Waals surface area contributed by atoms with Crippen LogP contribution in [0.2, 0.25) is 4.34 Å². The number of halogens is 1. The molecular formula is C16H21ClN2S. The summed E-state index contributed by atoms with van der Waals surface area (Å²) in [4.78, 5) is 3.55. The molecule has 0 bridgehead atoms. The van der Waals surface area contributed by atoms with Crippen molar-refractivity contribution in [3.63, 3.8) is 0 Å². The van der Waals surface area contributed by atoms with Crippen LogP contribution in [-0.2, 0) is 13.0 Å². The van der Waals surface area contributed by atoms with Crippen molar-refractivity contribution in [1.82, 2.24) is 4.90 Å². The van der Waals surface area contributed by atoms with Crippen LogP contribution in [0.1, 0.15) is 16.9 Å². The molecule has 2 rings (SSSR count). The van der Waals surface area contributed by atoms with Gasteiger partial charge in [0, 0.05) is 24.0 Å². The van der Waals surface area contributed by atoms with E-state index in [0.29, 0.717) is 0 Å². The van der Waals surface area contributed by atoms with Crippen molar-refractivity contribution in [3.05, 3.63) is 57.2 Å². The van der Waals surface area contributed by atoms with E-state index in [0.717, 1.165) is 30.3 Å². The van der Waals surface area contributed by atoms with Gasteiger partial charge in [0.25, 0.3) is 0 Å². The first kappa shape index (κ1) is 15.5. The highest BCUT2D eigenvalue weighted by atomic mass is 35.5. The predicted molar refractivity (Wildman–Crippen MR) is 88.4 cm³/mol. The predicted octanol–water partition coefficient (Wildman–Crippen LogP) is 3.79. The summed E-state index contributed by atoms with van der Waals surface area (Å²) >= 11 is 7.58. The van der Waals surface area contributed by atoms with Crippen molar-refractivity contribution >= 4 is 22.9 Å². The molecule has 0 saturated heterocycles. The lowest BCUT2D eigenvalue weighted by atomic mass is 10.1. The Morgan fingerprint density at radius 1 is 1.20 bits per heavy atom. The minimum absolute atomic E-state index is 0.204. The average Bonchev–Trinajstić information content (AvgIpc) is 2.83. The van der Waals surface area contributed by atoms with Gasteiger partial charge < -0.3 is 5.73 Å². The Morgan fingerprint density at radius 2 is 1.95 bits per heavy atom. The Hall–Kier alpha value is -0.870. The lowest BCUT2D eigenvalue weighted by Gasteiger charge is -2.20. The Kier molecular flexibility index (Phi) is 6.05. The van der Waals surface area contributed by atoms with Gasteiger partial charge in [-0.05, 0) is 37.6 Å². The van der Waals surface area contributed by atoms with Crippen molar-refractivity contribution < 1.29 is 0 Å². The minimum Gasteiger partial charge on any atom is -0.327 e. The largest absolute Gasteiger partial charge is 0.327 e. The molecule has 1 unspecified atom stereocenters. The van der Waals surface area contributed by atoms with Gasteiger partial charge >= 0.3 is 0 Å². The van der Waals surface area contributed by atoms with Gasteiger partial charge in [0.15, 0.2) is 0 Å². The van der Waals surface area contributed by atoms with E-state index in [4.69, 9.17) is 17.3 Å². The van der Waals surface area contributed by atoms with Gasteiger partial charge in [-0.25, -0.2) is 0 Å². The van der Waals surface area contributed by atoms with Crippen molar-refractivity contribution in [2.24, 2.45) is 5.73 Å². The van der Waals surface area contributed by atoms with E-state index < -0.39 is 0 Å². The summed E-state index contributed by atoms with van der Waals surface area (Å²) in [5.41, 5.74) is 7.57. The van der Waals surface area contributed by atoms with Crippen LogP contribution >= 0.6 is 22.9 Å². The molecule has 4 heteroatoms. The zero-order chi connectivity index (χ0) is 14.4. The highest BCUT2D eigenvalue weighted by molar-refractivity contribution is 7.16.